The average Bonchev–Trinajstić information content (AvgIpc) is 2.04. The number of nitrogen functional groups attached to an aromatic ring is 1. The molecule has 1 aromatic rings. The van der Waals surface area contributed by atoms with Crippen molar-refractivity contribution in [2.24, 2.45) is 10.9 Å². The van der Waals surface area contributed by atoms with Gasteiger partial charge in [0.25, 0.3) is 0 Å². The van der Waals surface area contributed by atoms with Crippen molar-refractivity contribution in [3.05, 3.63) is 29.3 Å². The van der Waals surface area contributed by atoms with E-state index in [1.807, 2.05) is 0 Å². The molecule has 5 nitrogen and oxygen atoms in total. The van der Waals surface area contributed by atoms with E-state index in [2.05, 4.69) is 5.16 Å². The van der Waals surface area contributed by atoms with E-state index in [4.69, 9.17) is 16.7 Å². The number of primary amides is 1. The van der Waals surface area contributed by atoms with Gasteiger partial charge < -0.3 is 16.7 Å². The van der Waals surface area contributed by atoms with E-state index in [9.17, 15) is 4.79 Å². The van der Waals surface area contributed by atoms with E-state index in [0.29, 0.717) is 11.3 Å². The molecule has 0 aliphatic heterocycles. The average molecular weight is 179 g/mol. The van der Waals surface area contributed by atoms with Crippen molar-refractivity contribution in [2.75, 3.05) is 5.73 Å². The maximum atomic E-state index is 10.8. The van der Waals surface area contributed by atoms with E-state index in [1.54, 1.807) is 6.07 Å². The lowest BCUT2D eigenvalue weighted by Crippen LogP contribution is -2.13. The molecule has 68 valence electrons. The van der Waals surface area contributed by atoms with Gasteiger partial charge in [0.05, 0.1) is 6.21 Å². The van der Waals surface area contributed by atoms with Gasteiger partial charge in [-0.15, -0.1) is 0 Å². The van der Waals surface area contributed by atoms with E-state index < -0.39 is 5.91 Å². The molecule has 1 rings (SSSR count). The summed E-state index contributed by atoms with van der Waals surface area (Å²) in [4.78, 5) is 10.8. The molecule has 0 atom stereocenters. The topological polar surface area (TPSA) is 102 Å². The first-order chi connectivity index (χ1) is 6.15. The minimum Gasteiger partial charge on any atom is -0.411 e. The predicted molar refractivity (Wildman–Crippen MR) is 48.8 cm³/mol. The lowest BCUT2D eigenvalue weighted by molar-refractivity contribution is 0.100. The van der Waals surface area contributed by atoms with Crippen molar-refractivity contribution in [1.29, 1.82) is 0 Å². The van der Waals surface area contributed by atoms with Crippen molar-refractivity contribution in [3.63, 3.8) is 0 Å². The third-order valence-electron chi connectivity index (χ3n) is 1.54. The first-order valence-corrected chi connectivity index (χ1v) is 3.52. The Morgan fingerprint density at radius 2 is 2.23 bits per heavy atom. The molecular weight excluding hydrogens is 170 g/mol. The Morgan fingerprint density at radius 3 is 2.77 bits per heavy atom. The van der Waals surface area contributed by atoms with Crippen LogP contribution in [0.5, 0.6) is 0 Å². The van der Waals surface area contributed by atoms with Gasteiger partial charge in [-0.2, -0.15) is 0 Å². The number of anilines is 1. The van der Waals surface area contributed by atoms with Crippen LogP contribution in [0.3, 0.4) is 0 Å². The molecule has 0 aliphatic rings. The van der Waals surface area contributed by atoms with E-state index in [0.717, 1.165) is 6.21 Å². The van der Waals surface area contributed by atoms with Crippen LogP contribution in [0.4, 0.5) is 5.69 Å². The summed E-state index contributed by atoms with van der Waals surface area (Å²) in [7, 11) is 0. The molecule has 0 radical (unpaired) electrons. The minimum absolute atomic E-state index is 0.270. The molecule has 5 heteroatoms. The number of carbonyl (C=O) groups excluding carboxylic acids is 1. The first kappa shape index (κ1) is 9.05. The summed E-state index contributed by atoms with van der Waals surface area (Å²) in [5.41, 5.74) is 11.7. The van der Waals surface area contributed by atoms with Crippen molar-refractivity contribution >= 4 is 17.8 Å². The molecule has 0 heterocycles. The fourth-order valence-corrected chi connectivity index (χ4v) is 0.975. The zero-order valence-electron chi connectivity index (χ0n) is 6.77. The Bertz CT molecular complexity index is 360. The summed E-state index contributed by atoms with van der Waals surface area (Å²) < 4.78 is 0. The molecule has 0 saturated heterocycles. The molecular formula is C8H9N3O2. The smallest absolute Gasteiger partial charge is 0.249 e. The van der Waals surface area contributed by atoms with Gasteiger partial charge in [0.15, 0.2) is 0 Å². The molecule has 0 fully saturated rings. The second-order valence-corrected chi connectivity index (χ2v) is 2.46. The zero-order valence-corrected chi connectivity index (χ0v) is 6.77. The summed E-state index contributed by atoms with van der Waals surface area (Å²) in [6, 6.07) is 4.53. The van der Waals surface area contributed by atoms with Crippen LogP contribution < -0.4 is 11.5 Å². The molecule has 0 spiro atoms. The summed E-state index contributed by atoms with van der Waals surface area (Å²) in [5.74, 6) is -0.588. The van der Waals surface area contributed by atoms with Crippen molar-refractivity contribution in [1.82, 2.24) is 0 Å². The standard InChI is InChI=1S/C8H9N3O2/c9-6-1-2-7(8(10)12)5(3-6)4-11-13/h1-4,13H,9H2,(H2,10,12)/b11-4-. The van der Waals surface area contributed by atoms with Crippen LogP contribution >= 0.6 is 0 Å². The second kappa shape index (κ2) is 3.57. The van der Waals surface area contributed by atoms with Crippen molar-refractivity contribution in [2.45, 2.75) is 0 Å². The summed E-state index contributed by atoms with van der Waals surface area (Å²) in [6.45, 7) is 0. The van der Waals surface area contributed by atoms with Gasteiger partial charge in [-0.1, -0.05) is 5.16 Å². The summed E-state index contributed by atoms with van der Waals surface area (Å²) in [5, 5.41) is 11.1. The number of hydrogen-bond donors (Lipinski definition) is 3. The van der Waals surface area contributed by atoms with Crippen LogP contribution in [0.1, 0.15) is 15.9 Å². The number of benzene rings is 1. The second-order valence-electron chi connectivity index (χ2n) is 2.46. The SMILES string of the molecule is NC(=O)c1ccc(N)cc1/C=N\O. The Labute approximate surface area is 74.6 Å². The minimum atomic E-state index is -0.588. The fourth-order valence-electron chi connectivity index (χ4n) is 0.975. The Balaban J connectivity index is 3.26. The molecule has 5 N–H and O–H groups in total. The van der Waals surface area contributed by atoms with Gasteiger partial charge >= 0.3 is 0 Å². The normalized spacial score (nSPS) is 10.5. The molecule has 0 bridgehead atoms. The van der Waals surface area contributed by atoms with Crippen LogP contribution in [0.25, 0.3) is 0 Å². The van der Waals surface area contributed by atoms with Crippen molar-refractivity contribution in [3.8, 4) is 0 Å². The maximum absolute atomic E-state index is 10.8. The molecule has 13 heavy (non-hydrogen) atoms. The molecule has 0 unspecified atom stereocenters. The number of rotatable bonds is 2. The van der Waals surface area contributed by atoms with Crippen LogP contribution in [-0.2, 0) is 0 Å². The Morgan fingerprint density at radius 1 is 1.54 bits per heavy atom. The van der Waals surface area contributed by atoms with Gasteiger partial charge in [0.2, 0.25) is 5.91 Å². The van der Waals surface area contributed by atoms with Crippen molar-refractivity contribution < 1.29 is 10.0 Å². The highest BCUT2D eigenvalue weighted by Crippen LogP contribution is 2.10. The highest BCUT2D eigenvalue weighted by molar-refractivity contribution is 6.02. The van der Waals surface area contributed by atoms with E-state index in [1.165, 1.54) is 12.1 Å². The molecule has 0 saturated carbocycles. The number of hydrogen-bond acceptors (Lipinski definition) is 4. The number of carbonyl (C=O) groups is 1. The first-order valence-electron chi connectivity index (χ1n) is 3.52. The maximum Gasteiger partial charge on any atom is 0.249 e. The summed E-state index contributed by atoms with van der Waals surface area (Å²) in [6.07, 6.45) is 1.11. The zero-order chi connectivity index (χ0) is 9.84. The number of oxime groups is 1. The monoisotopic (exact) mass is 179 g/mol. The number of nitrogens with zero attached hydrogens (tertiary/aromatic N) is 1. The van der Waals surface area contributed by atoms with Gasteiger partial charge in [-0.3, -0.25) is 4.79 Å². The quantitative estimate of drug-likeness (QED) is 0.261. The fraction of sp³-hybridized carbons (Fsp3) is 0. The van der Waals surface area contributed by atoms with Gasteiger partial charge in [0, 0.05) is 16.8 Å². The number of nitrogens with two attached hydrogens (primary N) is 2. The van der Waals surface area contributed by atoms with Gasteiger partial charge in [-0.25, -0.2) is 0 Å². The lowest BCUT2D eigenvalue weighted by Gasteiger charge is -2.01. The Hall–Kier alpha value is -2.04. The molecule has 1 aromatic carbocycles. The highest BCUT2D eigenvalue weighted by Gasteiger charge is 2.05. The summed E-state index contributed by atoms with van der Waals surface area (Å²) >= 11 is 0. The van der Waals surface area contributed by atoms with Gasteiger partial charge in [0.1, 0.15) is 0 Å². The van der Waals surface area contributed by atoms with Crippen LogP contribution in [0.2, 0.25) is 0 Å². The van der Waals surface area contributed by atoms with Gasteiger partial charge in [-0.05, 0) is 18.2 Å². The molecule has 0 aromatic heterocycles. The van der Waals surface area contributed by atoms with Crippen LogP contribution in [-0.4, -0.2) is 17.3 Å². The third kappa shape index (κ3) is 1.96. The Kier molecular flexibility index (Phi) is 2.49. The third-order valence-corrected chi connectivity index (χ3v) is 1.54. The predicted octanol–water partition coefficient (Wildman–Crippen LogP) is 0.176. The molecule has 1 amide bonds. The van der Waals surface area contributed by atoms with Crippen LogP contribution in [0.15, 0.2) is 23.4 Å². The largest absolute Gasteiger partial charge is 0.411 e. The number of amides is 1. The van der Waals surface area contributed by atoms with Crippen LogP contribution in [0, 0.1) is 0 Å². The van der Waals surface area contributed by atoms with E-state index in [-0.39, 0.29) is 5.56 Å². The van der Waals surface area contributed by atoms with E-state index >= 15 is 0 Å². The highest BCUT2D eigenvalue weighted by atomic mass is 16.4. The molecule has 0 aliphatic carbocycles. The lowest BCUT2D eigenvalue weighted by atomic mass is 10.1.